The first kappa shape index (κ1) is 24.0. The Kier molecular flexibility index (Phi) is 8.35. The first-order chi connectivity index (χ1) is 14.8. The fraction of sp³-hybridized carbons (Fsp3) is 0.619. The Bertz CT molecular complexity index is 892. The van der Waals surface area contributed by atoms with Gasteiger partial charge in [-0.15, -0.1) is 0 Å². The van der Waals surface area contributed by atoms with Crippen molar-refractivity contribution in [3.8, 4) is 0 Å². The van der Waals surface area contributed by atoms with Crippen LogP contribution in [0, 0.1) is 17.7 Å². The van der Waals surface area contributed by atoms with E-state index in [1.165, 1.54) is 30.0 Å². The van der Waals surface area contributed by atoms with E-state index in [0.29, 0.717) is 37.6 Å². The molecule has 1 aromatic rings. The molecule has 0 radical (unpaired) electrons. The molecule has 1 saturated carbocycles. The number of thioether (sulfide) groups is 1. The molecule has 2 aliphatic rings. The van der Waals surface area contributed by atoms with Crippen molar-refractivity contribution < 1.29 is 22.4 Å². The van der Waals surface area contributed by atoms with Crippen molar-refractivity contribution in [2.24, 2.45) is 11.8 Å². The zero-order valence-electron chi connectivity index (χ0n) is 17.7. The maximum Gasteiger partial charge on any atom is 0.244 e. The third-order valence-corrected chi connectivity index (χ3v) is 7.85. The van der Waals surface area contributed by atoms with Crippen molar-refractivity contribution in [1.82, 2.24) is 14.9 Å². The van der Waals surface area contributed by atoms with Gasteiger partial charge in [0.25, 0.3) is 0 Å². The van der Waals surface area contributed by atoms with Gasteiger partial charge < -0.3 is 10.2 Å². The average molecular weight is 472 g/mol. The van der Waals surface area contributed by atoms with Crippen LogP contribution in [0.5, 0.6) is 0 Å². The predicted molar refractivity (Wildman–Crippen MR) is 119 cm³/mol. The predicted octanol–water partition coefficient (Wildman–Crippen LogP) is 1.99. The second-order valence-electron chi connectivity index (χ2n) is 8.20. The van der Waals surface area contributed by atoms with Gasteiger partial charge in [-0.05, 0) is 62.2 Å². The Morgan fingerprint density at radius 1 is 1.26 bits per heavy atom. The van der Waals surface area contributed by atoms with Gasteiger partial charge in [0.2, 0.25) is 21.8 Å². The number of likely N-dealkylation sites (tertiary alicyclic amines) is 1. The molecule has 1 aliphatic heterocycles. The molecule has 1 heterocycles. The van der Waals surface area contributed by atoms with Crippen LogP contribution in [0.3, 0.4) is 0 Å². The van der Waals surface area contributed by atoms with Crippen LogP contribution in [0.25, 0.3) is 0 Å². The number of hydrogen-bond donors (Lipinski definition) is 2. The van der Waals surface area contributed by atoms with E-state index < -0.39 is 26.8 Å². The summed E-state index contributed by atoms with van der Waals surface area (Å²) in [7, 11) is -4.21. The first-order valence-electron chi connectivity index (χ1n) is 10.6. The molecule has 10 heteroatoms. The van der Waals surface area contributed by atoms with Crippen molar-refractivity contribution in [2.45, 2.75) is 43.0 Å². The summed E-state index contributed by atoms with van der Waals surface area (Å²) in [6.45, 7) is 1.43. The van der Waals surface area contributed by atoms with E-state index in [9.17, 15) is 22.4 Å². The van der Waals surface area contributed by atoms with Gasteiger partial charge in [0.15, 0.2) is 0 Å². The lowest BCUT2D eigenvalue weighted by molar-refractivity contribution is -0.137. The van der Waals surface area contributed by atoms with Gasteiger partial charge in [-0.25, -0.2) is 12.8 Å². The highest BCUT2D eigenvalue weighted by atomic mass is 32.2. The van der Waals surface area contributed by atoms with Gasteiger partial charge in [0.05, 0.1) is 5.92 Å². The third kappa shape index (κ3) is 6.66. The van der Waals surface area contributed by atoms with Crippen molar-refractivity contribution in [3.63, 3.8) is 0 Å². The summed E-state index contributed by atoms with van der Waals surface area (Å²) in [5, 5.41) is 2.97. The Hall–Kier alpha value is -1.65. The Labute approximate surface area is 187 Å². The smallest absolute Gasteiger partial charge is 0.244 e. The number of rotatable bonds is 10. The van der Waals surface area contributed by atoms with Gasteiger partial charge in [-0.2, -0.15) is 16.5 Å². The summed E-state index contributed by atoms with van der Waals surface area (Å²) in [5.41, 5.74) is 0. The summed E-state index contributed by atoms with van der Waals surface area (Å²) in [6, 6.07) is 4.08. The number of nitrogens with one attached hydrogen (secondary N) is 2. The highest BCUT2D eigenvalue weighted by molar-refractivity contribution is 7.98. The van der Waals surface area contributed by atoms with Crippen LogP contribution >= 0.6 is 11.8 Å². The van der Waals surface area contributed by atoms with Gasteiger partial charge in [0.1, 0.15) is 16.8 Å². The summed E-state index contributed by atoms with van der Waals surface area (Å²) in [4.78, 5) is 26.8. The molecule has 2 unspecified atom stereocenters. The van der Waals surface area contributed by atoms with Crippen molar-refractivity contribution >= 4 is 33.6 Å². The summed E-state index contributed by atoms with van der Waals surface area (Å²) in [6.07, 6.45) is 5.83. The lowest BCUT2D eigenvalue weighted by Crippen LogP contribution is -2.53. The van der Waals surface area contributed by atoms with E-state index in [0.717, 1.165) is 18.9 Å². The molecule has 31 heavy (non-hydrogen) atoms. The Balaban J connectivity index is 1.68. The standard InChI is InChI=1S/C21H30FN3O4S2/c1-30-12-10-18(24-31(28,29)19-7-3-2-6-17(19)22)21(27)25-11-4-5-16(14-25)20(26)23-13-15-8-9-15/h2-3,6-7,15-16,18,24H,4-5,8-14H2,1H3,(H,23,26). The van der Waals surface area contributed by atoms with E-state index in [1.54, 1.807) is 4.90 Å². The second-order valence-corrected chi connectivity index (χ2v) is 10.9. The van der Waals surface area contributed by atoms with E-state index in [4.69, 9.17) is 0 Å². The van der Waals surface area contributed by atoms with Gasteiger partial charge in [-0.1, -0.05) is 12.1 Å². The quantitative estimate of drug-likeness (QED) is 0.544. The van der Waals surface area contributed by atoms with Gasteiger partial charge in [0, 0.05) is 19.6 Å². The second kappa shape index (κ2) is 10.8. The minimum Gasteiger partial charge on any atom is -0.356 e. The van der Waals surface area contributed by atoms with Crippen LogP contribution < -0.4 is 10.0 Å². The number of piperidine rings is 1. The van der Waals surface area contributed by atoms with E-state index in [1.807, 2.05) is 6.26 Å². The molecule has 2 amide bonds. The van der Waals surface area contributed by atoms with E-state index in [2.05, 4.69) is 10.0 Å². The van der Waals surface area contributed by atoms with Crippen LogP contribution in [0.4, 0.5) is 4.39 Å². The summed E-state index contributed by atoms with van der Waals surface area (Å²) < 4.78 is 42.0. The maximum absolute atomic E-state index is 14.1. The SMILES string of the molecule is CSCCC(NS(=O)(=O)c1ccccc1F)C(=O)N1CCCC(C(=O)NCC2CC2)C1. The number of sulfonamides is 1. The minimum absolute atomic E-state index is 0.0444. The van der Waals surface area contributed by atoms with Crippen LogP contribution in [0.1, 0.15) is 32.1 Å². The number of hydrogen-bond acceptors (Lipinski definition) is 5. The average Bonchev–Trinajstić information content (AvgIpc) is 3.59. The fourth-order valence-corrected chi connectivity index (χ4v) is 5.48. The Morgan fingerprint density at radius 3 is 2.68 bits per heavy atom. The van der Waals surface area contributed by atoms with Crippen molar-refractivity contribution in [1.29, 1.82) is 0 Å². The van der Waals surface area contributed by atoms with Crippen LogP contribution in [-0.4, -0.2) is 62.8 Å². The normalized spacial score (nSPS) is 20.3. The lowest BCUT2D eigenvalue weighted by atomic mass is 9.96. The molecule has 2 atom stereocenters. The summed E-state index contributed by atoms with van der Waals surface area (Å²) >= 11 is 1.50. The van der Waals surface area contributed by atoms with Crippen LogP contribution in [0.15, 0.2) is 29.2 Å². The van der Waals surface area contributed by atoms with E-state index >= 15 is 0 Å². The highest BCUT2D eigenvalue weighted by Gasteiger charge is 2.34. The zero-order valence-corrected chi connectivity index (χ0v) is 19.3. The first-order valence-corrected chi connectivity index (χ1v) is 13.5. The number of nitrogens with zero attached hydrogens (tertiary/aromatic N) is 1. The molecule has 0 bridgehead atoms. The van der Waals surface area contributed by atoms with Crippen molar-refractivity contribution in [3.05, 3.63) is 30.1 Å². The molecule has 1 aromatic carbocycles. The monoisotopic (exact) mass is 471 g/mol. The topological polar surface area (TPSA) is 95.6 Å². The van der Waals surface area contributed by atoms with Crippen LogP contribution in [0.2, 0.25) is 0 Å². The third-order valence-electron chi connectivity index (χ3n) is 5.70. The Morgan fingerprint density at radius 2 is 2.00 bits per heavy atom. The highest BCUT2D eigenvalue weighted by Crippen LogP contribution is 2.28. The molecule has 3 rings (SSSR count). The number of carbonyl (C=O) groups excluding carboxylic acids is 2. The zero-order chi connectivity index (χ0) is 22.4. The summed E-state index contributed by atoms with van der Waals surface area (Å²) in [5.74, 6) is -0.424. The number of amides is 2. The number of carbonyl (C=O) groups is 2. The molecule has 1 aliphatic carbocycles. The van der Waals surface area contributed by atoms with Crippen molar-refractivity contribution in [2.75, 3.05) is 31.6 Å². The molecule has 7 nitrogen and oxygen atoms in total. The van der Waals surface area contributed by atoms with Gasteiger partial charge in [-0.3, -0.25) is 9.59 Å². The van der Waals surface area contributed by atoms with Gasteiger partial charge >= 0.3 is 0 Å². The van der Waals surface area contributed by atoms with Crippen LogP contribution in [-0.2, 0) is 19.6 Å². The molecule has 0 aromatic heterocycles. The minimum atomic E-state index is -4.21. The number of halogens is 1. The molecule has 0 spiro atoms. The van der Waals surface area contributed by atoms with E-state index in [-0.39, 0.29) is 30.7 Å². The lowest BCUT2D eigenvalue weighted by Gasteiger charge is -2.34. The molecular weight excluding hydrogens is 441 g/mol. The fourth-order valence-electron chi connectivity index (χ4n) is 3.70. The molecule has 2 N–H and O–H groups in total. The molecule has 172 valence electrons. The molecule has 2 fully saturated rings. The number of benzene rings is 1. The molecule has 1 saturated heterocycles. The maximum atomic E-state index is 14.1. The largest absolute Gasteiger partial charge is 0.356 e. The molecular formula is C21H30FN3O4S2.